The van der Waals surface area contributed by atoms with Gasteiger partial charge in [-0.15, -0.1) is 11.3 Å². The predicted octanol–water partition coefficient (Wildman–Crippen LogP) is 4.41. The third-order valence-electron chi connectivity index (χ3n) is 3.41. The number of anilines is 2. The van der Waals surface area contributed by atoms with E-state index in [1.165, 1.54) is 11.3 Å². The SMILES string of the molecule is COc1ccc(C=NNc2nc(N)cs2)cc1COc1ccc(Cl)cc1. The van der Waals surface area contributed by atoms with Crippen LogP contribution in [0.5, 0.6) is 11.5 Å². The Balaban J connectivity index is 1.68. The standard InChI is InChI=1S/C18H17ClN4O2S/c1-24-16-7-2-12(9-21-23-18-22-17(20)11-26-18)8-13(16)10-25-15-5-3-14(19)4-6-15/h2-9,11H,10,20H2,1H3,(H,22,23). The number of hydrogen-bond donors (Lipinski definition) is 2. The average Bonchev–Trinajstić information content (AvgIpc) is 3.06. The second-order valence-electron chi connectivity index (χ2n) is 5.26. The lowest BCUT2D eigenvalue weighted by Gasteiger charge is -2.11. The number of benzene rings is 2. The number of hydrogen-bond acceptors (Lipinski definition) is 7. The molecule has 0 unspecified atom stereocenters. The highest BCUT2D eigenvalue weighted by molar-refractivity contribution is 7.14. The van der Waals surface area contributed by atoms with E-state index in [1.54, 1.807) is 30.8 Å². The van der Waals surface area contributed by atoms with Crippen LogP contribution in [0.1, 0.15) is 11.1 Å². The van der Waals surface area contributed by atoms with Gasteiger partial charge in [0.15, 0.2) is 0 Å². The van der Waals surface area contributed by atoms with Gasteiger partial charge in [0, 0.05) is 16.0 Å². The Kier molecular flexibility index (Phi) is 5.93. The smallest absolute Gasteiger partial charge is 0.205 e. The maximum atomic E-state index is 5.88. The van der Waals surface area contributed by atoms with Crippen molar-refractivity contribution in [1.82, 2.24) is 4.98 Å². The molecule has 0 fully saturated rings. The van der Waals surface area contributed by atoms with E-state index >= 15 is 0 Å². The molecule has 6 nitrogen and oxygen atoms in total. The second-order valence-corrected chi connectivity index (χ2v) is 6.56. The summed E-state index contributed by atoms with van der Waals surface area (Å²) in [6.45, 7) is 0.364. The number of ether oxygens (including phenoxy) is 2. The number of methoxy groups -OCH3 is 1. The fraction of sp³-hybridized carbons (Fsp3) is 0.111. The van der Waals surface area contributed by atoms with Crippen molar-refractivity contribution < 1.29 is 9.47 Å². The zero-order valence-corrected chi connectivity index (χ0v) is 15.6. The monoisotopic (exact) mass is 388 g/mol. The van der Waals surface area contributed by atoms with Gasteiger partial charge >= 0.3 is 0 Å². The summed E-state index contributed by atoms with van der Waals surface area (Å²) >= 11 is 7.27. The maximum absolute atomic E-state index is 5.88. The topological polar surface area (TPSA) is 81.8 Å². The Morgan fingerprint density at radius 2 is 2.08 bits per heavy atom. The molecule has 8 heteroatoms. The largest absolute Gasteiger partial charge is 0.496 e. The summed E-state index contributed by atoms with van der Waals surface area (Å²) in [5, 5.41) is 7.22. The van der Waals surface area contributed by atoms with Crippen LogP contribution < -0.4 is 20.6 Å². The van der Waals surface area contributed by atoms with Gasteiger partial charge in [0.05, 0.1) is 13.3 Å². The molecule has 3 rings (SSSR count). The van der Waals surface area contributed by atoms with Crippen LogP contribution in [0.15, 0.2) is 52.9 Å². The van der Waals surface area contributed by atoms with E-state index in [4.69, 9.17) is 26.8 Å². The fourth-order valence-corrected chi connectivity index (χ4v) is 2.86. The Morgan fingerprint density at radius 3 is 2.77 bits per heavy atom. The highest BCUT2D eigenvalue weighted by Crippen LogP contribution is 2.23. The summed E-state index contributed by atoms with van der Waals surface area (Å²) in [7, 11) is 1.63. The van der Waals surface area contributed by atoms with Crippen LogP contribution in [-0.2, 0) is 6.61 Å². The van der Waals surface area contributed by atoms with Crippen LogP contribution in [0.4, 0.5) is 10.9 Å². The van der Waals surface area contributed by atoms with E-state index in [2.05, 4.69) is 15.5 Å². The van der Waals surface area contributed by atoms with Crippen LogP contribution in [0.2, 0.25) is 5.02 Å². The molecule has 0 spiro atoms. The minimum absolute atomic E-state index is 0.364. The Labute approximate surface area is 160 Å². The van der Waals surface area contributed by atoms with Gasteiger partial charge in [0.2, 0.25) is 5.13 Å². The summed E-state index contributed by atoms with van der Waals surface area (Å²) in [6.07, 6.45) is 1.70. The molecule has 0 atom stereocenters. The van der Waals surface area contributed by atoms with Crippen molar-refractivity contribution in [3.63, 3.8) is 0 Å². The molecule has 1 heterocycles. The van der Waals surface area contributed by atoms with E-state index in [1.807, 2.05) is 30.3 Å². The Morgan fingerprint density at radius 1 is 1.27 bits per heavy atom. The molecule has 0 amide bonds. The highest BCUT2D eigenvalue weighted by atomic mass is 35.5. The van der Waals surface area contributed by atoms with Gasteiger partial charge < -0.3 is 15.2 Å². The number of thiazole rings is 1. The lowest BCUT2D eigenvalue weighted by Crippen LogP contribution is -2.00. The summed E-state index contributed by atoms with van der Waals surface area (Å²) < 4.78 is 11.2. The minimum atomic E-state index is 0.364. The number of aromatic nitrogens is 1. The highest BCUT2D eigenvalue weighted by Gasteiger charge is 2.05. The Hall–Kier alpha value is -2.77. The first kappa shape index (κ1) is 18.0. The summed E-state index contributed by atoms with van der Waals surface area (Å²) in [5.74, 6) is 1.95. The third kappa shape index (κ3) is 4.87. The van der Waals surface area contributed by atoms with Gasteiger partial charge in [0.1, 0.15) is 23.9 Å². The molecule has 0 aliphatic carbocycles. The molecule has 0 aliphatic rings. The predicted molar refractivity (Wildman–Crippen MR) is 107 cm³/mol. The number of hydrazone groups is 1. The van der Waals surface area contributed by atoms with Gasteiger partial charge in [-0.05, 0) is 48.0 Å². The van der Waals surface area contributed by atoms with E-state index in [-0.39, 0.29) is 0 Å². The number of nitrogens with zero attached hydrogens (tertiary/aromatic N) is 2. The quantitative estimate of drug-likeness (QED) is 0.462. The molecular formula is C18H17ClN4O2S. The van der Waals surface area contributed by atoms with Crippen LogP contribution in [0, 0.1) is 0 Å². The molecular weight excluding hydrogens is 372 g/mol. The van der Waals surface area contributed by atoms with Crippen molar-refractivity contribution in [3.05, 3.63) is 64.0 Å². The van der Waals surface area contributed by atoms with Crippen LogP contribution in [0.3, 0.4) is 0 Å². The van der Waals surface area contributed by atoms with Crippen molar-refractivity contribution >= 4 is 40.1 Å². The van der Waals surface area contributed by atoms with E-state index < -0.39 is 0 Å². The van der Waals surface area contributed by atoms with Crippen LogP contribution in [-0.4, -0.2) is 18.3 Å². The summed E-state index contributed by atoms with van der Waals surface area (Å²) in [4.78, 5) is 4.08. The summed E-state index contributed by atoms with van der Waals surface area (Å²) in [5.41, 5.74) is 10.2. The first-order valence-corrected chi connectivity index (χ1v) is 8.95. The van der Waals surface area contributed by atoms with E-state index in [0.717, 1.165) is 22.6 Å². The molecule has 0 saturated heterocycles. The second kappa shape index (κ2) is 8.55. The molecule has 0 radical (unpaired) electrons. The zero-order valence-electron chi connectivity index (χ0n) is 14.0. The van der Waals surface area contributed by atoms with Crippen molar-refractivity contribution in [3.8, 4) is 11.5 Å². The van der Waals surface area contributed by atoms with Crippen molar-refractivity contribution in [1.29, 1.82) is 0 Å². The molecule has 134 valence electrons. The lowest BCUT2D eigenvalue weighted by atomic mass is 10.1. The molecule has 0 aliphatic heterocycles. The molecule has 0 saturated carbocycles. The molecule has 26 heavy (non-hydrogen) atoms. The minimum Gasteiger partial charge on any atom is -0.496 e. The molecule has 3 aromatic rings. The van der Waals surface area contributed by atoms with Crippen LogP contribution in [0.25, 0.3) is 0 Å². The first-order chi connectivity index (χ1) is 12.6. The lowest BCUT2D eigenvalue weighted by molar-refractivity contribution is 0.296. The number of halogens is 1. The number of nitrogens with one attached hydrogen (secondary N) is 1. The van der Waals surface area contributed by atoms with Crippen molar-refractivity contribution in [2.75, 3.05) is 18.3 Å². The molecule has 2 aromatic carbocycles. The average molecular weight is 389 g/mol. The van der Waals surface area contributed by atoms with Gasteiger partial charge in [-0.1, -0.05) is 11.6 Å². The third-order valence-corrected chi connectivity index (χ3v) is 4.43. The molecule has 0 bridgehead atoms. The van der Waals surface area contributed by atoms with Crippen molar-refractivity contribution in [2.24, 2.45) is 5.10 Å². The zero-order chi connectivity index (χ0) is 18.4. The molecule has 1 aromatic heterocycles. The van der Waals surface area contributed by atoms with Gasteiger partial charge in [0.25, 0.3) is 0 Å². The number of nitrogen functional groups attached to an aromatic ring is 1. The van der Waals surface area contributed by atoms with Crippen molar-refractivity contribution in [2.45, 2.75) is 6.61 Å². The maximum Gasteiger partial charge on any atom is 0.205 e. The van der Waals surface area contributed by atoms with Gasteiger partial charge in [-0.3, -0.25) is 5.43 Å². The van der Waals surface area contributed by atoms with Crippen LogP contribution >= 0.6 is 22.9 Å². The fourth-order valence-electron chi connectivity index (χ4n) is 2.18. The number of rotatable bonds is 7. The first-order valence-electron chi connectivity index (χ1n) is 7.69. The molecule has 3 N–H and O–H groups in total. The van der Waals surface area contributed by atoms with Gasteiger partial charge in [-0.2, -0.15) is 5.10 Å². The summed E-state index contributed by atoms with van der Waals surface area (Å²) in [6, 6.07) is 13.0. The number of nitrogens with two attached hydrogens (primary N) is 1. The van der Waals surface area contributed by atoms with E-state index in [0.29, 0.717) is 22.6 Å². The normalized spacial score (nSPS) is 10.8. The Bertz CT molecular complexity index is 896. The van der Waals surface area contributed by atoms with Gasteiger partial charge in [-0.25, -0.2) is 4.98 Å². The van der Waals surface area contributed by atoms with E-state index in [9.17, 15) is 0 Å².